The molecule has 1 N–H and O–H groups in total. The Bertz CT molecular complexity index is 1230. The van der Waals surface area contributed by atoms with E-state index < -0.39 is 0 Å². The van der Waals surface area contributed by atoms with Crippen LogP contribution in [0.15, 0.2) is 42.6 Å². The number of rotatable bonds is 5. The maximum Gasteiger partial charge on any atom is 0.257 e. The second kappa shape index (κ2) is 7.74. The van der Waals surface area contributed by atoms with Crippen LogP contribution < -0.4 is 5.32 Å². The molecule has 30 heavy (non-hydrogen) atoms. The number of aryl methyl sites for hydroxylation is 3. The van der Waals surface area contributed by atoms with Crippen LogP contribution in [0.1, 0.15) is 52.6 Å². The van der Waals surface area contributed by atoms with Gasteiger partial charge in [0.2, 0.25) is 0 Å². The summed E-state index contributed by atoms with van der Waals surface area (Å²) in [6, 6.07) is 11.9. The number of nitrogens with one attached hydrogen (secondary N) is 1. The van der Waals surface area contributed by atoms with Crippen LogP contribution in [0.2, 0.25) is 0 Å². The molecule has 0 saturated carbocycles. The third-order valence-electron chi connectivity index (χ3n) is 5.20. The van der Waals surface area contributed by atoms with Gasteiger partial charge in [-0.25, -0.2) is 9.67 Å². The van der Waals surface area contributed by atoms with E-state index in [1.807, 2.05) is 32.2 Å². The second-order valence-corrected chi connectivity index (χ2v) is 7.97. The highest BCUT2D eigenvalue weighted by Gasteiger charge is 2.20. The number of pyridine rings is 1. The Morgan fingerprint density at radius 3 is 2.70 bits per heavy atom. The lowest BCUT2D eigenvalue weighted by molar-refractivity contribution is 0.102. The van der Waals surface area contributed by atoms with Crippen molar-refractivity contribution >= 4 is 22.8 Å². The summed E-state index contributed by atoms with van der Waals surface area (Å²) in [6.07, 6.45) is 1.70. The summed E-state index contributed by atoms with van der Waals surface area (Å²) in [4.78, 5) is 18.0. The molecule has 1 aromatic carbocycles. The molecular formula is C23H26N6O. The molecule has 3 heterocycles. The molecular weight excluding hydrogens is 376 g/mol. The Labute approximate surface area is 175 Å². The van der Waals surface area contributed by atoms with Gasteiger partial charge in [0.1, 0.15) is 5.82 Å². The number of hydrogen-bond acceptors (Lipinski definition) is 4. The van der Waals surface area contributed by atoms with Crippen LogP contribution in [-0.4, -0.2) is 30.5 Å². The molecule has 0 aliphatic rings. The molecule has 7 heteroatoms. The third kappa shape index (κ3) is 3.70. The predicted octanol–water partition coefficient (Wildman–Crippen LogP) is 4.21. The number of amides is 1. The molecule has 154 valence electrons. The molecule has 3 aromatic heterocycles. The molecule has 4 aromatic rings. The minimum Gasteiger partial charge on any atom is -0.307 e. The van der Waals surface area contributed by atoms with E-state index in [9.17, 15) is 4.79 Å². The fourth-order valence-electron chi connectivity index (χ4n) is 3.67. The first-order valence-corrected chi connectivity index (χ1v) is 10.1. The number of fused-ring (bicyclic) bond motifs is 1. The molecule has 0 spiro atoms. The molecule has 0 radical (unpaired) electrons. The van der Waals surface area contributed by atoms with Gasteiger partial charge in [0.05, 0.1) is 29.4 Å². The molecule has 0 aliphatic heterocycles. The molecule has 0 saturated heterocycles. The summed E-state index contributed by atoms with van der Waals surface area (Å²) < 4.78 is 3.53. The molecule has 0 fully saturated rings. The van der Waals surface area contributed by atoms with Crippen molar-refractivity contribution in [2.45, 2.75) is 40.2 Å². The summed E-state index contributed by atoms with van der Waals surface area (Å²) in [5.74, 6) is 0.661. The number of aromatic nitrogens is 5. The second-order valence-electron chi connectivity index (χ2n) is 7.97. The smallest absolute Gasteiger partial charge is 0.257 e. The standard InChI is InChI=1S/C23H26N6O/c1-14(2)19-12-18(21-16(4)27-28(5)22(21)25-19)23(30)26-20-9-10-24-29(20)13-17-8-6-7-15(3)11-17/h6-12,14H,13H2,1-5H3,(H,26,30). The molecule has 7 nitrogen and oxygen atoms in total. The molecule has 1 amide bonds. The lowest BCUT2D eigenvalue weighted by Crippen LogP contribution is -2.17. The molecule has 0 bridgehead atoms. The van der Waals surface area contributed by atoms with E-state index in [-0.39, 0.29) is 11.8 Å². The third-order valence-corrected chi connectivity index (χ3v) is 5.20. The van der Waals surface area contributed by atoms with Gasteiger partial charge in [0.25, 0.3) is 5.91 Å². The van der Waals surface area contributed by atoms with Crippen LogP contribution in [0.25, 0.3) is 11.0 Å². The fourth-order valence-corrected chi connectivity index (χ4v) is 3.67. The van der Waals surface area contributed by atoms with E-state index in [4.69, 9.17) is 4.98 Å². The van der Waals surface area contributed by atoms with Crippen molar-refractivity contribution in [2.75, 3.05) is 5.32 Å². The average molecular weight is 403 g/mol. The van der Waals surface area contributed by atoms with Crippen molar-refractivity contribution in [3.05, 3.63) is 70.7 Å². The maximum absolute atomic E-state index is 13.3. The van der Waals surface area contributed by atoms with E-state index in [2.05, 4.69) is 54.5 Å². The van der Waals surface area contributed by atoms with Crippen LogP contribution in [0, 0.1) is 13.8 Å². The monoisotopic (exact) mass is 402 g/mol. The first-order chi connectivity index (χ1) is 14.3. The zero-order valence-electron chi connectivity index (χ0n) is 18.0. The van der Waals surface area contributed by atoms with Crippen LogP contribution in [-0.2, 0) is 13.6 Å². The molecule has 0 unspecified atom stereocenters. The highest BCUT2D eigenvalue weighted by Crippen LogP contribution is 2.26. The Kier molecular flexibility index (Phi) is 5.11. The highest BCUT2D eigenvalue weighted by atomic mass is 16.1. The van der Waals surface area contributed by atoms with Crippen molar-refractivity contribution in [1.29, 1.82) is 0 Å². The molecule has 0 atom stereocenters. The zero-order valence-corrected chi connectivity index (χ0v) is 18.0. The summed E-state index contributed by atoms with van der Waals surface area (Å²) in [6.45, 7) is 8.68. The Morgan fingerprint density at radius 1 is 1.17 bits per heavy atom. The van der Waals surface area contributed by atoms with E-state index in [1.165, 1.54) is 5.56 Å². The Morgan fingerprint density at radius 2 is 1.97 bits per heavy atom. The van der Waals surface area contributed by atoms with Crippen LogP contribution in [0.5, 0.6) is 0 Å². The van der Waals surface area contributed by atoms with E-state index in [1.54, 1.807) is 15.6 Å². The van der Waals surface area contributed by atoms with Crippen molar-refractivity contribution < 1.29 is 4.79 Å². The van der Waals surface area contributed by atoms with Gasteiger partial charge >= 0.3 is 0 Å². The summed E-state index contributed by atoms with van der Waals surface area (Å²) >= 11 is 0. The summed E-state index contributed by atoms with van der Waals surface area (Å²) in [7, 11) is 1.85. The maximum atomic E-state index is 13.3. The number of benzene rings is 1. The lowest BCUT2D eigenvalue weighted by Gasteiger charge is -2.12. The zero-order chi connectivity index (χ0) is 21.4. The van der Waals surface area contributed by atoms with Crippen LogP contribution in [0.4, 0.5) is 5.82 Å². The first kappa shape index (κ1) is 19.8. The van der Waals surface area contributed by atoms with Crippen molar-refractivity contribution in [2.24, 2.45) is 7.05 Å². The number of anilines is 1. The van der Waals surface area contributed by atoms with Crippen molar-refractivity contribution in [1.82, 2.24) is 24.5 Å². The van der Waals surface area contributed by atoms with Gasteiger partial charge in [0, 0.05) is 18.8 Å². The fraction of sp³-hybridized carbons (Fsp3) is 0.304. The van der Waals surface area contributed by atoms with Gasteiger partial charge in [0.15, 0.2) is 5.65 Å². The quantitative estimate of drug-likeness (QED) is 0.543. The van der Waals surface area contributed by atoms with Gasteiger partial charge in [-0.2, -0.15) is 10.2 Å². The van der Waals surface area contributed by atoms with Gasteiger partial charge in [-0.3, -0.25) is 9.48 Å². The highest BCUT2D eigenvalue weighted by molar-refractivity contribution is 6.12. The van der Waals surface area contributed by atoms with Gasteiger partial charge in [-0.05, 0) is 31.4 Å². The van der Waals surface area contributed by atoms with Gasteiger partial charge in [-0.1, -0.05) is 43.7 Å². The van der Waals surface area contributed by atoms with Crippen molar-refractivity contribution in [3.8, 4) is 0 Å². The van der Waals surface area contributed by atoms with E-state index in [0.717, 1.165) is 28.0 Å². The van der Waals surface area contributed by atoms with Gasteiger partial charge in [-0.15, -0.1) is 0 Å². The Hall–Kier alpha value is -3.48. The summed E-state index contributed by atoms with van der Waals surface area (Å²) in [5.41, 5.74) is 5.27. The van der Waals surface area contributed by atoms with E-state index in [0.29, 0.717) is 17.9 Å². The van der Waals surface area contributed by atoms with E-state index >= 15 is 0 Å². The minimum absolute atomic E-state index is 0.189. The summed E-state index contributed by atoms with van der Waals surface area (Å²) in [5, 5.41) is 12.7. The number of carbonyl (C=O) groups is 1. The minimum atomic E-state index is -0.189. The number of hydrogen-bond donors (Lipinski definition) is 1. The van der Waals surface area contributed by atoms with Crippen molar-refractivity contribution in [3.63, 3.8) is 0 Å². The first-order valence-electron chi connectivity index (χ1n) is 10.1. The normalized spacial score (nSPS) is 11.4. The van der Waals surface area contributed by atoms with Gasteiger partial charge < -0.3 is 5.32 Å². The Balaban J connectivity index is 1.69. The molecule has 4 rings (SSSR count). The van der Waals surface area contributed by atoms with Crippen LogP contribution >= 0.6 is 0 Å². The van der Waals surface area contributed by atoms with Crippen LogP contribution in [0.3, 0.4) is 0 Å². The number of carbonyl (C=O) groups excluding carboxylic acids is 1. The SMILES string of the molecule is Cc1cccc(Cn2nccc2NC(=O)c2cc(C(C)C)nc3c2c(C)nn3C)c1. The average Bonchev–Trinajstić information content (AvgIpc) is 3.24. The molecule has 0 aliphatic carbocycles. The predicted molar refractivity (Wildman–Crippen MR) is 118 cm³/mol. The largest absolute Gasteiger partial charge is 0.307 e. The lowest BCUT2D eigenvalue weighted by atomic mass is 10.0. The topological polar surface area (TPSA) is 77.6 Å². The number of nitrogens with zero attached hydrogens (tertiary/aromatic N) is 5.